The summed E-state index contributed by atoms with van der Waals surface area (Å²) in [7, 11) is 0. The van der Waals surface area contributed by atoms with Crippen molar-refractivity contribution in [2.45, 2.75) is 20.3 Å². The summed E-state index contributed by atoms with van der Waals surface area (Å²) in [5, 5.41) is 0. The molecule has 0 N–H and O–H groups in total. The zero-order valence-corrected chi connectivity index (χ0v) is 17.0. The van der Waals surface area contributed by atoms with E-state index < -0.39 is 5.92 Å². The topological polar surface area (TPSA) is 62.7 Å². The zero-order chi connectivity index (χ0) is 19.4. The van der Waals surface area contributed by atoms with E-state index in [0.717, 1.165) is 4.47 Å². The normalized spacial score (nSPS) is 16.5. The third-order valence-electron chi connectivity index (χ3n) is 4.50. The van der Waals surface area contributed by atoms with Gasteiger partial charge in [0.25, 0.3) is 0 Å². The molecule has 7 heteroatoms. The van der Waals surface area contributed by atoms with Gasteiger partial charge in [0.05, 0.1) is 18.2 Å². The molecule has 6 nitrogen and oxygen atoms in total. The van der Waals surface area contributed by atoms with Gasteiger partial charge in [0, 0.05) is 30.2 Å². The molecule has 0 radical (unpaired) electrons. The predicted molar refractivity (Wildman–Crippen MR) is 108 cm³/mol. The highest BCUT2D eigenvalue weighted by molar-refractivity contribution is 9.10. The highest BCUT2D eigenvalue weighted by atomic mass is 79.9. The van der Waals surface area contributed by atoms with Gasteiger partial charge in [-0.25, -0.2) is 4.98 Å². The number of carbonyl (C=O) groups is 2. The molecule has 3 rings (SSSR count). The highest BCUT2D eigenvalue weighted by Gasteiger charge is 2.38. The van der Waals surface area contributed by atoms with Gasteiger partial charge in [0.15, 0.2) is 0 Å². The van der Waals surface area contributed by atoms with Crippen molar-refractivity contribution in [3.63, 3.8) is 0 Å². The van der Waals surface area contributed by atoms with Gasteiger partial charge in [-0.3, -0.25) is 14.5 Å². The monoisotopic (exact) mass is 431 g/mol. The van der Waals surface area contributed by atoms with Crippen LogP contribution in [0.25, 0.3) is 0 Å². The minimum Gasteiger partial charge on any atom is -0.492 e. The van der Waals surface area contributed by atoms with Gasteiger partial charge in [-0.1, -0.05) is 12.1 Å². The number of benzene rings is 1. The van der Waals surface area contributed by atoms with Crippen LogP contribution in [0.4, 0.5) is 11.5 Å². The van der Waals surface area contributed by atoms with Crippen molar-refractivity contribution in [3.05, 3.63) is 47.1 Å². The van der Waals surface area contributed by atoms with E-state index in [1.165, 1.54) is 0 Å². The number of rotatable bonds is 6. The number of hydrogen-bond acceptors (Lipinski definition) is 4. The number of carbonyl (C=O) groups excluding carboxylic acids is 2. The Labute approximate surface area is 167 Å². The number of amides is 2. The molecule has 27 heavy (non-hydrogen) atoms. The molecule has 0 saturated carbocycles. The van der Waals surface area contributed by atoms with Gasteiger partial charge < -0.3 is 9.64 Å². The first-order valence-corrected chi connectivity index (χ1v) is 9.79. The highest BCUT2D eigenvalue weighted by Crippen LogP contribution is 2.34. The Hall–Kier alpha value is -2.41. The van der Waals surface area contributed by atoms with Gasteiger partial charge in [0.2, 0.25) is 11.8 Å². The van der Waals surface area contributed by atoms with Crippen molar-refractivity contribution in [1.82, 2.24) is 4.98 Å². The van der Waals surface area contributed by atoms with Crippen molar-refractivity contribution in [1.29, 1.82) is 0 Å². The summed E-state index contributed by atoms with van der Waals surface area (Å²) in [4.78, 5) is 33.3. The first-order chi connectivity index (χ1) is 13.0. The smallest absolute Gasteiger partial charge is 0.233 e. The van der Waals surface area contributed by atoms with E-state index in [4.69, 9.17) is 4.74 Å². The van der Waals surface area contributed by atoms with Crippen LogP contribution in [0.3, 0.4) is 0 Å². The molecule has 2 amide bonds. The minimum atomic E-state index is -0.405. The average Bonchev–Trinajstić information content (AvgIpc) is 3.06. The maximum atomic E-state index is 13.1. The molecule has 142 valence electrons. The van der Waals surface area contributed by atoms with Gasteiger partial charge in [-0.05, 0) is 54.0 Å². The number of pyridine rings is 1. The number of halogens is 1. The van der Waals surface area contributed by atoms with E-state index in [1.54, 1.807) is 22.1 Å². The fourth-order valence-electron chi connectivity index (χ4n) is 3.24. The van der Waals surface area contributed by atoms with Gasteiger partial charge in [0.1, 0.15) is 11.6 Å². The van der Waals surface area contributed by atoms with Crippen LogP contribution in [0, 0.1) is 5.92 Å². The number of ether oxygens (including phenoxy) is 1. The molecule has 1 aromatic heterocycles. The van der Waals surface area contributed by atoms with E-state index in [0.29, 0.717) is 37.0 Å². The maximum absolute atomic E-state index is 13.1. The predicted octanol–water partition coefficient (Wildman–Crippen LogP) is 3.65. The molecular formula is C20H22BrN3O3. The second-order valence-electron chi connectivity index (χ2n) is 6.22. The summed E-state index contributed by atoms with van der Waals surface area (Å²) >= 11 is 3.35. The SMILES string of the molecule is CCOc1ccccc1N1CC(C(=O)N(CC)c2ccc(Br)cn2)CC1=O. The lowest BCUT2D eigenvalue weighted by atomic mass is 10.1. The van der Waals surface area contributed by atoms with Crippen LogP contribution in [-0.4, -0.2) is 36.5 Å². The van der Waals surface area contributed by atoms with Crippen LogP contribution in [-0.2, 0) is 9.59 Å². The molecule has 1 aliphatic rings. The molecule has 0 bridgehead atoms. The average molecular weight is 432 g/mol. The summed E-state index contributed by atoms with van der Waals surface area (Å²) in [6, 6.07) is 11.1. The van der Waals surface area contributed by atoms with Crippen LogP contribution in [0.1, 0.15) is 20.3 Å². The molecule has 0 aliphatic carbocycles. The van der Waals surface area contributed by atoms with Crippen molar-refractivity contribution in [2.75, 3.05) is 29.5 Å². The number of anilines is 2. The molecule has 1 unspecified atom stereocenters. The lowest BCUT2D eigenvalue weighted by molar-refractivity contribution is -0.124. The number of hydrogen-bond donors (Lipinski definition) is 0. The second kappa shape index (κ2) is 8.52. The van der Waals surface area contributed by atoms with E-state index in [-0.39, 0.29) is 18.2 Å². The fourth-order valence-corrected chi connectivity index (χ4v) is 3.48. The summed E-state index contributed by atoms with van der Waals surface area (Å²) in [6.07, 6.45) is 1.85. The lowest BCUT2D eigenvalue weighted by Gasteiger charge is -2.24. The molecule has 2 aromatic rings. The number of nitrogens with zero attached hydrogens (tertiary/aromatic N) is 3. The molecule has 1 aliphatic heterocycles. The van der Waals surface area contributed by atoms with E-state index in [2.05, 4.69) is 20.9 Å². The Bertz CT molecular complexity index is 825. The molecule has 2 heterocycles. The molecule has 1 aromatic carbocycles. The summed E-state index contributed by atoms with van der Waals surface area (Å²) < 4.78 is 6.49. The minimum absolute atomic E-state index is 0.0691. The quantitative estimate of drug-likeness (QED) is 0.699. The summed E-state index contributed by atoms with van der Waals surface area (Å²) in [6.45, 7) is 5.16. The standard InChI is InChI=1S/C20H22BrN3O3/c1-3-23(18-10-9-15(21)12-22-18)20(26)14-11-19(25)24(13-14)16-7-5-6-8-17(16)27-4-2/h5-10,12,14H,3-4,11,13H2,1-2H3. The van der Waals surface area contributed by atoms with E-state index in [1.807, 2.05) is 44.2 Å². The van der Waals surface area contributed by atoms with Crippen LogP contribution in [0.5, 0.6) is 5.75 Å². The molecule has 1 saturated heterocycles. The molecular weight excluding hydrogens is 410 g/mol. The van der Waals surface area contributed by atoms with E-state index >= 15 is 0 Å². The Morgan fingerprint density at radius 2 is 2.07 bits per heavy atom. The first-order valence-electron chi connectivity index (χ1n) is 9.00. The first kappa shape index (κ1) is 19.4. The molecule has 0 spiro atoms. The fraction of sp³-hybridized carbons (Fsp3) is 0.350. The van der Waals surface area contributed by atoms with Gasteiger partial charge in [-0.15, -0.1) is 0 Å². The van der Waals surface area contributed by atoms with Crippen molar-refractivity contribution < 1.29 is 14.3 Å². The lowest BCUT2D eigenvalue weighted by Crippen LogP contribution is -2.38. The summed E-state index contributed by atoms with van der Waals surface area (Å²) in [5.74, 6) is 0.685. The van der Waals surface area contributed by atoms with Crippen LogP contribution in [0.2, 0.25) is 0 Å². The largest absolute Gasteiger partial charge is 0.492 e. The Kier molecular flexibility index (Phi) is 6.11. The molecule has 1 fully saturated rings. The van der Waals surface area contributed by atoms with Gasteiger partial charge in [-0.2, -0.15) is 0 Å². The van der Waals surface area contributed by atoms with Crippen molar-refractivity contribution in [2.24, 2.45) is 5.92 Å². The zero-order valence-electron chi connectivity index (χ0n) is 15.4. The maximum Gasteiger partial charge on any atom is 0.233 e. The summed E-state index contributed by atoms with van der Waals surface area (Å²) in [5.41, 5.74) is 0.712. The third-order valence-corrected chi connectivity index (χ3v) is 4.97. The second-order valence-corrected chi connectivity index (χ2v) is 7.14. The Balaban J connectivity index is 1.80. The number of aromatic nitrogens is 1. The van der Waals surface area contributed by atoms with Gasteiger partial charge >= 0.3 is 0 Å². The molecule has 1 atom stereocenters. The van der Waals surface area contributed by atoms with Crippen LogP contribution in [0.15, 0.2) is 47.1 Å². The van der Waals surface area contributed by atoms with Crippen molar-refractivity contribution >= 4 is 39.2 Å². The third kappa shape index (κ3) is 4.13. The van der Waals surface area contributed by atoms with E-state index in [9.17, 15) is 9.59 Å². The Morgan fingerprint density at radius 1 is 1.30 bits per heavy atom. The number of para-hydroxylation sites is 2. The van der Waals surface area contributed by atoms with Crippen LogP contribution >= 0.6 is 15.9 Å². The Morgan fingerprint density at radius 3 is 2.74 bits per heavy atom. The van der Waals surface area contributed by atoms with Crippen molar-refractivity contribution in [3.8, 4) is 5.75 Å². The van der Waals surface area contributed by atoms with Crippen LogP contribution < -0.4 is 14.5 Å².